The van der Waals surface area contributed by atoms with E-state index >= 15 is 0 Å². The average molecular weight is 450 g/mol. The fourth-order valence-electron chi connectivity index (χ4n) is 3.75. The maximum atomic E-state index is 12.7. The maximum Gasteiger partial charge on any atom is 0.434 e. The molecule has 0 bridgehead atoms. The summed E-state index contributed by atoms with van der Waals surface area (Å²) in [7, 11) is 0. The molecule has 0 atom stereocenters. The quantitative estimate of drug-likeness (QED) is 0.643. The lowest BCUT2D eigenvalue weighted by Crippen LogP contribution is -2.66. The molecule has 1 aliphatic heterocycles. The lowest BCUT2D eigenvalue weighted by Gasteiger charge is -2.58. The van der Waals surface area contributed by atoms with Crippen molar-refractivity contribution in [3.8, 4) is 0 Å². The zero-order valence-electron chi connectivity index (χ0n) is 15.0. The second-order valence-electron chi connectivity index (χ2n) is 7.53. The van der Waals surface area contributed by atoms with Gasteiger partial charge in [0.25, 0.3) is 6.10 Å². The van der Waals surface area contributed by atoms with Crippen molar-refractivity contribution in [1.82, 2.24) is 4.90 Å². The highest BCUT2D eigenvalue weighted by atomic mass is 19.4. The van der Waals surface area contributed by atoms with Gasteiger partial charge in [-0.3, -0.25) is 0 Å². The molecule has 4 nitrogen and oxygen atoms in total. The van der Waals surface area contributed by atoms with E-state index in [4.69, 9.17) is 0 Å². The van der Waals surface area contributed by atoms with Crippen LogP contribution < -0.4 is 5.32 Å². The van der Waals surface area contributed by atoms with Crippen molar-refractivity contribution >= 4 is 11.8 Å². The first-order chi connectivity index (χ1) is 13.6. The summed E-state index contributed by atoms with van der Waals surface area (Å²) in [6.45, 7) is -0.177. The summed E-state index contributed by atoms with van der Waals surface area (Å²) in [5.74, 6) is 0. The second-order valence-corrected chi connectivity index (χ2v) is 7.53. The van der Waals surface area contributed by atoms with Crippen LogP contribution in [0.15, 0.2) is 24.3 Å². The van der Waals surface area contributed by atoms with Gasteiger partial charge < -0.3 is 15.0 Å². The summed E-state index contributed by atoms with van der Waals surface area (Å²) in [5, 5.41) is 2.90. The van der Waals surface area contributed by atoms with Crippen molar-refractivity contribution in [2.24, 2.45) is 5.41 Å². The number of carbonyl (C=O) groups excluding carboxylic acids is 1. The molecule has 1 heterocycles. The van der Waals surface area contributed by atoms with Crippen molar-refractivity contribution in [2.45, 2.75) is 43.5 Å². The number of hydrogen-bond acceptors (Lipinski definition) is 3. The van der Waals surface area contributed by atoms with Crippen LogP contribution in [0.2, 0.25) is 0 Å². The van der Waals surface area contributed by atoms with Gasteiger partial charge in [-0.05, 0) is 31.0 Å². The maximum absolute atomic E-state index is 12.7. The van der Waals surface area contributed by atoms with E-state index in [1.165, 1.54) is 12.1 Å². The molecule has 1 aromatic rings. The number of nitrogens with one attached hydrogen (secondary N) is 1. The minimum absolute atomic E-state index is 0.0883. The monoisotopic (exact) mass is 450 g/mol. The number of anilines is 1. The number of alkyl halides is 9. The smallest absolute Gasteiger partial charge is 0.426 e. The van der Waals surface area contributed by atoms with Crippen LogP contribution in [-0.2, 0) is 10.9 Å². The number of rotatable bonds is 3. The molecule has 0 unspecified atom stereocenters. The Morgan fingerprint density at radius 3 is 2.10 bits per heavy atom. The molecule has 1 amide bonds. The largest absolute Gasteiger partial charge is 0.434 e. The molecule has 30 heavy (non-hydrogen) atoms. The molecule has 2 fully saturated rings. The van der Waals surface area contributed by atoms with Crippen LogP contribution in [0.4, 0.5) is 50.0 Å². The number of benzene rings is 1. The van der Waals surface area contributed by atoms with E-state index in [1.54, 1.807) is 0 Å². The zero-order valence-corrected chi connectivity index (χ0v) is 15.0. The molecule has 0 radical (unpaired) electrons. The van der Waals surface area contributed by atoms with Crippen molar-refractivity contribution in [3.63, 3.8) is 0 Å². The fraction of sp³-hybridized carbons (Fsp3) is 0.588. The Labute approximate surface area is 164 Å². The van der Waals surface area contributed by atoms with Gasteiger partial charge in [0.1, 0.15) is 0 Å². The highest BCUT2D eigenvalue weighted by Crippen LogP contribution is 2.50. The van der Waals surface area contributed by atoms with E-state index in [0.717, 1.165) is 17.0 Å². The standard InChI is InChI=1S/C17H15F9N2O2/c18-15(19,20)9-2-1-3-10(4-9)27-11-5-14(6-11)7-28(8-14)13(29)30-12(16(21,22)23)17(24,25)26/h1-4,11-12,27H,5-8H2. The molecule has 168 valence electrons. The number of hydrogen-bond donors (Lipinski definition) is 1. The summed E-state index contributed by atoms with van der Waals surface area (Å²) >= 11 is 0. The van der Waals surface area contributed by atoms with Gasteiger partial charge in [-0.2, -0.15) is 39.5 Å². The third kappa shape index (κ3) is 4.69. The van der Waals surface area contributed by atoms with Crippen LogP contribution in [-0.4, -0.2) is 48.6 Å². The Morgan fingerprint density at radius 1 is 1.03 bits per heavy atom. The zero-order chi connectivity index (χ0) is 22.5. The highest BCUT2D eigenvalue weighted by molar-refractivity contribution is 5.69. The minimum atomic E-state index is -5.78. The summed E-state index contributed by atoms with van der Waals surface area (Å²) in [6.07, 6.45) is -21.2. The normalized spacial score (nSPS) is 19.5. The Bertz CT molecular complexity index is 776. The van der Waals surface area contributed by atoms with Gasteiger partial charge in [-0.15, -0.1) is 0 Å². The van der Waals surface area contributed by atoms with Gasteiger partial charge >= 0.3 is 24.6 Å². The number of halogens is 9. The minimum Gasteiger partial charge on any atom is -0.426 e. The van der Waals surface area contributed by atoms with E-state index in [1.807, 2.05) is 0 Å². The Morgan fingerprint density at radius 2 is 1.60 bits per heavy atom. The molecule has 1 aliphatic carbocycles. The van der Waals surface area contributed by atoms with E-state index in [-0.39, 0.29) is 24.8 Å². The molecule has 3 rings (SSSR count). The summed E-state index contributed by atoms with van der Waals surface area (Å²) < 4.78 is 117. The van der Waals surface area contributed by atoms with Crippen LogP contribution in [0.5, 0.6) is 0 Å². The van der Waals surface area contributed by atoms with Gasteiger partial charge in [0.05, 0.1) is 5.56 Å². The average Bonchev–Trinajstić information content (AvgIpc) is 2.50. The number of nitrogens with zero attached hydrogens (tertiary/aromatic N) is 1. The fourth-order valence-corrected chi connectivity index (χ4v) is 3.75. The summed E-state index contributed by atoms with van der Waals surface area (Å²) in [4.78, 5) is 12.4. The van der Waals surface area contributed by atoms with Gasteiger partial charge in [0.15, 0.2) is 0 Å². The molecule has 1 saturated carbocycles. The molecule has 1 N–H and O–H groups in total. The number of amides is 1. The van der Waals surface area contributed by atoms with Crippen molar-refractivity contribution in [3.05, 3.63) is 29.8 Å². The Hall–Kier alpha value is -2.34. The first-order valence-electron chi connectivity index (χ1n) is 8.62. The Balaban J connectivity index is 1.49. The van der Waals surface area contributed by atoms with Crippen LogP contribution >= 0.6 is 0 Å². The van der Waals surface area contributed by atoms with Crippen LogP contribution in [0.3, 0.4) is 0 Å². The van der Waals surface area contributed by atoms with E-state index in [9.17, 15) is 44.3 Å². The van der Waals surface area contributed by atoms with E-state index in [0.29, 0.717) is 12.8 Å². The van der Waals surface area contributed by atoms with E-state index in [2.05, 4.69) is 10.1 Å². The molecule has 0 aromatic heterocycles. The molecule has 1 aromatic carbocycles. The van der Waals surface area contributed by atoms with E-state index < -0.39 is 41.7 Å². The number of carbonyl (C=O) groups is 1. The topological polar surface area (TPSA) is 41.6 Å². The predicted molar refractivity (Wildman–Crippen MR) is 84.5 cm³/mol. The first kappa shape index (κ1) is 22.3. The van der Waals surface area contributed by atoms with Crippen molar-refractivity contribution in [2.75, 3.05) is 18.4 Å². The van der Waals surface area contributed by atoms with Gasteiger partial charge in [0, 0.05) is 30.2 Å². The number of ether oxygens (including phenoxy) is 1. The first-order valence-corrected chi connectivity index (χ1v) is 8.62. The van der Waals surface area contributed by atoms with Gasteiger partial charge in [0.2, 0.25) is 0 Å². The molecule has 13 heteroatoms. The molecule has 1 spiro atoms. The summed E-state index contributed by atoms with van der Waals surface area (Å²) in [6, 6.07) is 4.30. The molecular weight excluding hydrogens is 435 g/mol. The molecule has 1 saturated heterocycles. The third-order valence-corrected chi connectivity index (χ3v) is 5.04. The SMILES string of the molecule is O=C(OC(C(F)(F)F)C(F)(F)F)N1CC2(CC(Nc3cccc(C(F)(F)F)c3)C2)C1. The number of likely N-dealkylation sites (tertiary alicyclic amines) is 1. The van der Waals surface area contributed by atoms with Crippen LogP contribution in [0.1, 0.15) is 18.4 Å². The van der Waals surface area contributed by atoms with Gasteiger partial charge in [-0.25, -0.2) is 4.79 Å². The van der Waals surface area contributed by atoms with Gasteiger partial charge in [-0.1, -0.05) is 6.07 Å². The predicted octanol–water partition coefficient (Wildman–Crippen LogP) is 5.21. The van der Waals surface area contributed by atoms with Crippen LogP contribution in [0, 0.1) is 5.41 Å². The second kappa shape index (κ2) is 7.12. The molecular formula is C17H15F9N2O2. The van der Waals surface area contributed by atoms with Crippen molar-refractivity contribution in [1.29, 1.82) is 0 Å². The van der Waals surface area contributed by atoms with Crippen molar-refractivity contribution < 1.29 is 49.0 Å². The lowest BCUT2D eigenvalue weighted by molar-refractivity contribution is -0.309. The summed E-state index contributed by atoms with van der Waals surface area (Å²) in [5.41, 5.74) is -1.09. The van der Waals surface area contributed by atoms with Crippen LogP contribution in [0.25, 0.3) is 0 Å². The highest BCUT2D eigenvalue weighted by Gasteiger charge is 2.61. The Kier molecular flexibility index (Phi) is 5.30. The molecule has 2 aliphatic rings. The third-order valence-electron chi connectivity index (χ3n) is 5.04. The lowest BCUT2D eigenvalue weighted by atomic mass is 9.60.